The van der Waals surface area contributed by atoms with Gasteiger partial charge in [0.1, 0.15) is 12.6 Å². The van der Waals surface area contributed by atoms with Crippen molar-refractivity contribution in [2.75, 3.05) is 6.54 Å². The van der Waals surface area contributed by atoms with E-state index in [0.717, 1.165) is 30.5 Å². The van der Waals surface area contributed by atoms with E-state index in [9.17, 15) is 4.79 Å². The predicted molar refractivity (Wildman–Crippen MR) is 68.8 cm³/mol. The second-order valence-electron chi connectivity index (χ2n) is 5.21. The van der Waals surface area contributed by atoms with Gasteiger partial charge in [-0.25, -0.2) is 4.79 Å². The zero-order valence-electron chi connectivity index (χ0n) is 10.3. The van der Waals surface area contributed by atoms with Gasteiger partial charge in [-0.15, -0.1) is 0 Å². The number of nitrogens with one attached hydrogen (secondary N) is 1. The van der Waals surface area contributed by atoms with Gasteiger partial charge in [-0.2, -0.15) is 0 Å². The highest BCUT2D eigenvalue weighted by atomic mass is 16.5. The summed E-state index contributed by atoms with van der Waals surface area (Å²) in [5.74, 6) is -0.201. The third-order valence-electron chi connectivity index (χ3n) is 3.99. The van der Waals surface area contributed by atoms with E-state index in [4.69, 9.17) is 4.74 Å². The summed E-state index contributed by atoms with van der Waals surface area (Å²) in [5.41, 5.74) is 2.23. The predicted octanol–water partition coefficient (Wildman–Crippen LogP) is 2.04. The Hall–Kier alpha value is -1.61. The summed E-state index contributed by atoms with van der Waals surface area (Å²) >= 11 is 0. The number of carbonyl (C=O) groups is 1. The van der Waals surface area contributed by atoms with E-state index >= 15 is 0 Å². The molecule has 0 aromatic heterocycles. The van der Waals surface area contributed by atoms with Crippen molar-refractivity contribution in [3.8, 4) is 0 Å². The topological polar surface area (TPSA) is 38.3 Å². The smallest absolute Gasteiger partial charge is 0.327 e. The molecular formula is C15H17NO2. The maximum atomic E-state index is 12.0. The van der Waals surface area contributed by atoms with E-state index < -0.39 is 0 Å². The van der Waals surface area contributed by atoms with Gasteiger partial charge in [0, 0.05) is 12.0 Å². The average Bonchev–Trinajstić information content (AvgIpc) is 3.11. The van der Waals surface area contributed by atoms with Crippen molar-refractivity contribution in [1.82, 2.24) is 5.32 Å². The molecule has 2 fully saturated rings. The van der Waals surface area contributed by atoms with Crippen molar-refractivity contribution in [2.24, 2.45) is 5.41 Å². The molecule has 0 unspecified atom stereocenters. The standard InChI is InChI=1S/C15H17NO2/c1-11-13(16-10-15(11)7-8-15)14(17)18-9-12-5-3-2-4-6-12/h2-6,13,16H,1,7-10H2/t13-/m0/s1. The lowest BCUT2D eigenvalue weighted by Gasteiger charge is -2.13. The summed E-state index contributed by atoms with van der Waals surface area (Å²) in [4.78, 5) is 12.0. The van der Waals surface area contributed by atoms with E-state index in [1.165, 1.54) is 0 Å². The van der Waals surface area contributed by atoms with Crippen LogP contribution in [0.3, 0.4) is 0 Å². The summed E-state index contributed by atoms with van der Waals surface area (Å²) < 4.78 is 5.34. The van der Waals surface area contributed by atoms with Gasteiger partial charge in [-0.05, 0) is 24.0 Å². The fourth-order valence-electron chi connectivity index (χ4n) is 2.53. The van der Waals surface area contributed by atoms with Gasteiger partial charge < -0.3 is 10.1 Å². The lowest BCUT2D eigenvalue weighted by atomic mass is 9.97. The number of carbonyl (C=O) groups excluding carboxylic acids is 1. The maximum absolute atomic E-state index is 12.0. The highest BCUT2D eigenvalue weighted by molar-refractivity contribution is 5.81. The molecule has 94 valence electrons. The molecule has 0 bridgehead atoms. The van der Waals surface area contributed by atoms with Crippen molar-refractivity contribution in [3.05, 3.63) is 48.0 Å². The number of rotatable bonds is 3. The van der Waals surface area contributed by atoms with Gasteiger partial charge in [0.2, 0.25) is 0 Å². The second kappa shape index (κ2) is 4.25. The molecule has 3 heteroatoms. The Morgan fingerprint density at radius 3 is 2.72 bits per heavy atom. The Kier molecular flexibility index (Phi) is 2.71. The van der Waals surface area contributed by atoms with Crippen LogP contribution in [0.4, 0.5) is 0 Å². The van der Waals surface area contributed by atoms with Gasteiger partial charge in [0.05, 0.1) is 0 Å². The van der Waals surface area contributed by atoms with E-state index in [2.05, 4.69) is 11.9 Å². The van der Waals surface area contributed by atoms with Crippen LogP contribution in [-0.4, -0.2) is 18.6 Å². The van der Waals surface area contributed by atoms with Crippen LogP contribution in [0.2, 0.25) is 0 Å². The lowest BCUT2D eigenvalue weighted by molar-refractivity contribution is -0.146. The molecule has 1 aliphatic heterocycles. The first kappa shape index (κ1) is 11.5. The quantitative estimate of drug-likeness (QED) is 0.652. The summed E-state index contributed by atoms with van der Waals surface area (Å²) in [6.45, 7) is 5.27. The van der Waals surface area contributed by atoms with Crippen LogP contribution in [0.25, 0.3) is 0 Å². The van der Waals surface area contributed by atoms with Crippen LogP contribution in [0.1, 0.15) is 18.4 Å². The molecule has 3 nitrogen and oxygen atoms in total. The fraction of sp³-hybridized carbons (Fsp3) is 0.400. The summed E-state index contributed by atoms with van der Waals surface area (Å²) in [6, 6.07) is 9.42. The molecule has 0 radical (unpaired) electrons. The van der Waals surface area contributed by atoms with Gasteiger partial charge >= 0.3 is 5.97 Å². The first-order valence-electron chi connectivity index (χ1n) is 6.34. The fourth-order valence-corrected chi connectivity index (χ4v) is 2.53. The van der Waals surface area contributed by atoms with E-state index in [-0.39, 0.29) is 17.4 Å². The summed E-state index contributed by atoms with van der Waals surface area (Å²) in [6.07, 6.45) is 2.31. The summed E-state index contributed by atoms with van der Waals surface area (Å²) in [5, 5.41) is 3.22. The highest BCUT2D eigenvalue weighted by Gasteiger charge is 2.53. The molecule has 1 aromatic carbocycles. The lowest BCUT2D eigenvalue weighted by Crippen LogP contribution is -2.33. The monoisotopic (exact) mass is 243 g/mol. The van der Waals surface area contributed by atoms with E-state index in [1.54, 1.807) is 0 Å². The van der Waals surface area contributed by atoms with Crippen molar-refractivity contribution in [3.63, 3.8) is 0 Å². The highest BCUT2D eigenvalue weighted by Crippen LogP contribution is 2.54. The normalized spacial score (nSPS) is 24.2. The maximum Gasteiger partial charge on any atom is 0.327 e. The van der Waals surface area contributed by atoms with Gasteiger partial charge in [-0.3, -0.25) is 0 Å². The van der Waals surface area contributed by atoms with Crippen LogP contribution in [0, 0.1) is 5.41 Å². The van der Waals surface area contributed by atoms with Crippen molar-refractivity contribution in [1.29, 1.82) is 0 Å². The molecule has 2 aliphatic rings. The van der Waals surface area contributed by atoms with E-state index in [1.807, 2.05) is 30.3 Å². The minimum Gasteiger partial charge on any atom is -0.459 e. The molecule has 1 aromatic rings. The molecule has 3 rings (SSSR count). The molecule has 0 amide bonds. The number of hydrogen-bond donors (Lipinski definition) is 1. The minimum absolute atomic E-state index is 0.201. The number of ether oxygens (including phenoxy) is 1. The molecule has 1 atom stereocenters. The van der Waals surface area contributed by atoms with Gasteiger partial charge in [-0.1, -0.05) is 36.9 Å². The van der Waals surface area contributed by atoms with Crippen LogP contribution >= 0.6 is 0 Å². The van der Waals surface area contributed by atoms with E-state index in [0.29, 0.717) is 6.61 Å². The Morgan fingerprint density at radius 2 is 2.11 bits per heavy atom. The SMILES string of the molecule is C=C1[C@@H](C(=O)OCc2ccccc2)NCC12CC2. The Morgan fingerprint density at radius 1 is 1.39 bits per heavy atom. The Bertz CT molecular complexity index is 477. The van der Waals surface area contributed by atoms with Crippen LogP contribution in [-0.2, 0) is 16.1 Å². The van der Waals surface area contributed by atoms with Crippen molar-refractivity contribution >= 4 is 5.97 Å². The Balaban J connectivity index is 1.58. The number of benzene rings is 1. The third-order valence-corrected chi connectivity index (χ3v) is 3.99. The van der Waals surface area contributed by atoms with Crippen LogP contribution in [0.5, 0.6) is 0 Å². The number of esters is 1. The molecule has 1 saturated carbocycles. The molecule has 18 heavy (non-hydrogen) atoms. The van der Waals surface area contributed by atoms with Crippen molar-refractivity contribution in [2.45, 2.75) is 25.5 Å². The van der Waals surface area contributed by atoms with Crippen molar-refractivity contribution < 1.29 is 9.53 Å². The Labute approximate surface area is 107 Å². The first-order valence-corrected chi connectivity index (χ1v) is 6.34. The minimum atomic E-state index is -0.309. The van der Waals surface area contributed by atoms with Gasteiger partial charge in [0.25, 0.3) is 0 Å². The zero-order valence-corrected chi connectivity index (χ0v) is 10.3. The molecular weight excluding hydrogens is 226 g/mol. The van der Waals surface area contributed by atoms with Crippen LogP contribution < -0.4 is 5.32 Å². The average molecular weight is 243 g/mol. The number of hydrogen-bond acceptors (Lipinski definition) is 3. The van der Waals surface area contributed by atoms with Crippen LogP contribution in [0.15, 0.2) is 42.5 Å². The second-order valence-corrected chi connectivity index (χ2v) is 5.21. The summed E-state index contributed by atoms with van der Waals surface area (Å²) in [7, 11) is 0. The molecule has 1 heterocycles. The molecule has 1 saturated heterocycles. The first-order chi connectivity index (χ1) is 8.71. The largest absolute Gasteiger partial charge is 0.459 e. The molecule has 1 N–H and O–H groups in total. The molecule has 1 aliphatic carbocycles. The van der Waals surface area contributed by atoms with Gasteiger partial charge in [0.15, 0.2) is 0 Å². The molecule has 1 spiro atoms. The third kappa shape index (κ3) is 1.95. The zero-order chi connectivity index (χ0) is 12.6.